The number of hydrogen-bond donors (Lipinski definition) is 2. The quantitative estimate of drug-likeness (QED) is 0.838. The molecule has 94 valence electrons. The Morgan fingerprint density at radius 1 is 1.29 bits per heavy atom. The standard InChI is InChI=1S/C12H20N4O/c1-8(12(2,3)4)14-11(17)9-6-7-10(13-5)16-15-9/h6-8H,1-5H3,(H,13,16)(H,14,17). The fourth-order valence-electron chi connectivity index (χ4n) is 1.07. The van der Waals surface area contributed by atoms with E-state index in [0.717, 1.165) is 0 Å². The summed E-state index contributed by atoms with van der Waals surface area (Å²) in [4.78, 5) is 11.9. The Morgan fingerprint density at radius 2 is 1.94 bits per heavy atom. The Labute approximate surface area is 102 Å². The van der Waals surface area contributed by atoms with Gasteiger partial charge in [-0.3, -0.25) is 4.79 Å². The van der Waals surface area contributed by atoms with E-state index in [2.05, 4.69) is 41.6 Å². The maximum Gasteiger partial charge on any atom is 0.272 e. The lowest BCUT2D eigenvalue weighted by atomic mass is 9.88. The van der Waals surface area contributed by atoms with Crippen LogP contribution in [-0.2, 0) is 0 Å². The third kappa shape index (κ3) is 3.69. The highest BCUT2D eigenvalue weighted by Gasteiger charge is 2.22. The van der Waals surface area contributed by atoms with Crippen LogP contribution in [0.25, 0.3) is 0 Å². The molecule has 1 atom stereocenters. The summed E-state index contributed by atoms with van der Waals surface area (Å²) in [5.41, 5.74) is 0.355. The number of carbonyl (C=O) groups excluding carboxylic acids is 1. The van der Waals surface area contributed by atoms with Gasteiger partial charge in [0, 0.05) is 13.1 Å². The lowest BCUT2D eigenvalue weighted by molar-refractivity contribution is 0.0904. The lowest BCUT2D eigenvalue weighted by Gasteiger charge is -2.27. The number of amides is 1. The normalized spacial score (nSPS) is 13.0. The molecule has 0 radical (unpaired) electrons. The van der Waals surface area contributed by atoms with Crippen molar-refractivity contribution in [3.63, 3.8) is 0 Å². The lowest BCUT2D eigenvalue weighted by Crippen LogP contribution is -2.41. The van der Waals surface area contributed by atoms with Crippen LogP contribution in [0, 0.1) is 5.41 Å². The van der Waals surface area contributed by atoms with Gasteiger partial charge < -0.3 is 10.6 Å². The molecule has 1 aromatic heterocycles. The summed E-state index contributed by atoms with van der Waals surface area (Å²) in [5.74, 6) is 0.452. The topological polar surface area (TPSA) is 66.9 Å². The largest absolute Gasteiger partial charge is 0.372 e. The molecule has 1 aromatic rings. The van der Waals surface area contributed by atoms with Gasteiger partial charge in [0.15, 0.2) is 5.69 Å². The van der Waals surface area contributed by atoms with E-state index in [-0.39, 0.29) is 17.4 Å². The van der Waals surface area contributed by atoms with Crippen molar-refractivity contribution in [3.05, 3.63) is 17.8 Å². The summed E-state index contributed by atoms with van der Waals surface area (Å²) in [6.45, 7) is 8.21. The molecular weight excluding hydrogens is 216 g/mol. The van der Waals surface area contributed by atoms with Gasteiger partial charge in [-0.05, 0) is 24.5 Å². The number of aromatic nitrogens is 2. The average molecular weight is 236 g/mol. The van der Waals surface area contributed by atoms with Gasteiger partial charge in [0.25, 0.3) is 5.91 Å². The molecule has 1 heterocycles. The van der Waals surface area contributed by atoms with Crippen LogP contribution in [0.1, 0.15) is 38.2 Å². The molecule has 0 aliphatic heterocycles. The number of nitrogens with zero attached hydrogens (tertiary/aromatic N) is 2. The highest BCUT2D eigenvalue weighted by Crippen LogP contribution is 2.18. The van der Waals surface area contributed by atoms with Crippen molar-refractivity contribution in [2.45, 2.75) is 33.7 Å². The molecular formula is C12H20N4O. The number of carbonyl (C=O) groups is 1. The predicted molar refractivity (Wildman–Crippen MR) is 68.0 cm³/mol. The van der Waals surface area contributed by atoms with E-state index < -0.39 is 0 Å². The monoisotopic (exact) mass is 236 g/mol. The fraction of sp³-hybridized carbons (Fsp3) is 0.583. The Kier molecular flexibility index (Phi) is 4.04. The molecule has 17 heavy (non-hydrogen) atoms. The molecule has 0 saturated carbocycles. The van der Waals surface area contributed by atoms with Gasteiger partial charge in [0.05, 0.1) is 0 Å². The van der Waals surface area contributed by atoms with Crippen LogP contribution in [0.15, 0.2) is 12.1 Å². The van der Waals surface area contributed by atoms with Crippen molar-refractivity contribution in [3.8, 4) is 0 Å². The zero-order valence-electron chi connectivity index (χ0n) is 11.0. The number of nitrogens with one attached hydrogen (secondary N) is 2. The van der Waals surface area contributed by atoms with Crippen LogP contribution in [-0.4, -0.2) is 29.2 Å². The van der Waals surface area contributed by atoms with Crippen molar-refractivity contribution in [1.29, 1.82) is 0 Å². The molecule has 5 nitrogen and oxygen atoms in total. The fourth-order valence-corrected chi connectivity index (χ4v) is 1.07. The van der Waals surface area contributed by atoms with Gasteiger partial charge in [0.2, 0.25) is 0 Å². The minimum Gasteiger partial charge on any atom is -0.372 e. The number of hydrogen-bond acceptors (Lipinski definition) is 4. The van der Waals surface area contributed by atoms with Crippen LogP contribution in [0.2, 0.25) is 0 Å². The van der Waals surface area contributed by atoms with Crippen LogP contribution in [0.5, 0.6) is 0 Å². The summed E-state index contributed by atoms with van der Waals surface area (Å²) in [5, 5.41) is 13.5. The van der Waals surface area contributed by atoms with Gasteiger partial charge in [-0.1, -0.05) is 20.8 Å². The Balaban J connectivity index is 2.70. The van der Waals surface area contributed by atoms with Gasteiger partial charge in [0.1, 0.15) is 5.82 Å². The molecule has 1 amide bonds. The number of rotatable bonds is 3. The third-order valence-corrected chi connectivity index (χ3v) is 2.80. The zero-order chi connectivity index (χ0) is 13.1. The summed E-state index contributed by atoms with van der Waals surface area (Å²) in [7, 11) is 1.76. The smallest absolute Gasteiger partial charge is 0.272 e. The predicted octanol–water partition coefficient (Wildman–Crippen LogP) is 1.68. The Hall–Kier alpha value is -1.65. The van der Waals surface area contributed by atoms with Gasteiger partial charge >= 0.3 is 0 Å². The second-order valence-corrected chi connectivity index (χ2v) is 5.11. The van der Waals surface area contributed by atoms with Gasteiger partial charge in [-0.2, -0.15) is 0 Å². The molecule has 0 aliphatic carbocycles. The first-order chi connectivity index (χ1) is 7.84. The summed E-state index contributed by atoms with van der Waals surface area (Å²) >= 11 is 0. The van der Waals surface area contributed by atoms with E-state index in [9.17, 15) is 4.79 Å². The minimum absolute atomic E-state index is 0.0218. The first kappa shape index (κ1) is 13.4. The van der Waals surface area contributed by atoms with E-state index in [1.807, 2.05) is 6.92 Å². The zero-order valence-corrected chi connectivity index (χ0v) is 11.0. The second kappa shape index (κ2) is 5.12. The van der Waals surface area contributed by atoms with Gasteiger partial charge in [-0.25, -0.2) is 0 Å². The molecule has 0 saturated heterocycles. The molecule has 1 rings (SSSR count). The Morgan fingerprint density at radius 3 is 2.35 bits per heavy atom. The van der Waals surface area contributed by atoms with Crippen LogP contribution < -0.4 is 10.6 Å². The van der Waals surface area contributed by atoms with E-state index in [0.29, 0.717) is 11.5 Å². The Bertz CT molecular complexity index is 380. The summed E-state index contributed by atoms with van der Waals surface area (Å²) in [6, 6.07) is 3.45. The van der Waals surface area contributed by atoms with Crippen LogP contribution >= 0.6 is 0 Å². The highest BCUT2D eigenvalue weighted by molar-refractivity contribution is 5.92. The van der Waals surface area contributed by atoms with Crippen molar-refractivity contribution >= 4 is 11.7 Å². The molecule has 0 aliphatic rings. The molecule has 0 spiro atoms. The van der Waals surface area contributed by atoms with Gasteiger partial charge in [-0.15, -0.1) is 10.2 Å². The first-order valence-corrected chi connectivity index (χ1v) is 5.67. The van der Waals surface area contributed by atoms with Crippen LogP contribution in [0.3, 0.4) is 0 Å². The first-order valence-electron chi connectivity index (χ1n) is 5.67. The maximum atomic E-state index is 11.9. The molecule has 1 unspecified atom stereocenters. The minimum atomic E-state index is -0.192. The third-order valence-electron chi connectivity index (χ3n) is 2.80. The highest BCUT2D eigenvalue weighted by atomic mass is 16.2. The molecule has 0 fully saturated rings. The van der Waals surface area contributed by atoms with Crippen molar-refractivity contribution < 1.29 is 4.79 Å². The maximum absolute atomic E-state index is 11.9. The van der Waals surface area contributed by atoms with E-state index >= 15 is 0 Å². The van der Waals surface area contributed by atoms with Crippen molar-refractivity contribution in [2.24, 2.45) is 5.41 Å². The van der Waals surface area contributed by atoms with Crippen molar-refractivity contribution in [1.82, 2.24) is 15.5 Å². The summed E-state index contributed by atoms with van der Waals surface area (Å²) in [6.07, 6.45) is 0. The van der Waals surface area contributed by atoms with Crippen LogP contribution in [0.4, 0.5) is 5.82 Å². The summed E-state index contributed by atoms with van der Waals surface area (Å²) < 4.78 is 0. The van der Waals surface area contributed by atoms with E-state index in [1.165, 1.54) is 0 Å². The SMILES string of the molecule is CNc1ccc(C(=O)NC(C)C(C)(C)C)nn1. The average Bonchev–Trinajstić information content (AvgIpc) is 2.27. The van der Waals surface area contributed by atoms with Crippen molar-refractivity contribution in [2.75, 3.05) is 12.4 Å². The molecule has 0 bridgehead atoms. The molecule has 2 N–H and O–H groups in total. The molecule has 0 aromatic carbocycles. The second-order valence-electron chi connectivity index (χ2n) is 5.11. The molecule has 5 heteroatoms. The van der Waals surface area contributed by atoms with E-state index in [1.54, 1.807) is 19.2 Å². The van der Waals surface area contributed by atoms with E-state index in [4.69, 9.17) is 0 Å². The number of anilines is 1.